The minimum absolute atomic E-state index is 0.0327. The van der Waals surface area contributed by atoms with E-state index in [1.54, 1.807) is 50.4 Å². The second-order valence-corrected chi connectivity index (χ2v) is 11.8. The van der Waals surface area contributed by atoms with E-state index in [4.69, 9.17) is 4.74 Å². The Balaban J connectivity index is 2.06. The molecule has 0 saturated heterocycles. The van der Waals surface area contributed by atoms with Crippen LogP contribution < -0.4 is 14.4 Å². The van der Waals surface area contributed by atoms with Crippen LogP contribution in [-0.4, -0.2) is 50.9 Å². The highest BCUT2D eigenvalue weighted by atomic mass is 32.2. The summed E-state index contributed by atoms with van der Waals surface area (Å²) in [6, 6.07) is 17.5. The van der Waals surface area contributed by atoms with Crippen LogP contribution >= 0.6 is 0 Å². The average Bonchev–Trinajstić information content (AvgIpc) is 2.96. The Morgan fingerprint density at radius 1 is 0.951 bits per heavy atom. The van der Waals surface area contributed by atoms with Gasteiger partial charge in [0.2, 0.25) is 11.8 Å². The summed E-state index contributed by atoms with van der Waals surface area (Å²) < 4.78 is 48.7. The molecule has 0 heterocycles. The molecule has 0 aliphatic rings. The minimum Gasteiger partial charge on any atom is -0.497 e. The van der Waals surface area contributed by atoms with Gasteiger partial charge in [0, 0.05) is 12.6 Å². The first kappa shape index (κ1) is 31.6. The van der Waals surface area contributed by atoms with Crippen molar-refractivity contribution < 1.29 is 27.1 Å². The van der Waals surface area contributed by atoms with Crippen LogP contribution in [0, 0.1) is 12.7 Å². The predicted octanol–water partition coefficient (Wildman–Crippen LogP) is 5.06. The Morgan fingerprint density at radius 2 is 1.59 bits per heavy atom. The van der Waals surface area contributed by atoms with E-state index in [2.05, 4.69) is 5.32 Å². The zero-order valence-corrected chi connectivity index (χ0v) is 24.9. The van der Waals surface area contributed by atoms with E-state index in [1.807, 2.05) is 20.8 Å². The van der Waals surface area contributed by atoms with Crippen molar-refractivity contribution >= 4 is 27.5 Å². The van der Waals surface area contributed by atoms with Crippen molar-refractivity contribution in [2.75, 3.05) is 18.0 Å². The highest BCUT2D eigenvalue weighted by Gasteiger charge is 2.34. The number of amides is 2. The van der Waals surface area contributed by atoms with Gasteiger partial charge in [-0.2, -0.15) is 0 Å². The highest BCUT2D eigenvalue weighted by Crippen LogP contribution is 2.27. The third-order valence-electron chi connectivity index (χ3n) is 6.91. The summed E-state index contributed by atoms with van der Waals surface area (Å²) in [5.41, 5.74) is 1.30. The maximum absolute atomic E-state index is 15.0. The first-order valence-corrected chi connectivity index (χ1v) is 15.0. The molecule has 3 aromatic carbocycles. The molecule has 3 aromatic rings. The maximum atomic E-state index is 15.0. The van der Waals surface area contributed by atoms with E-state index >= 15 is 4.39 Å². The zero-order valence-electron chi connectivity index (χ0n) is 24.1. The Bertz CT molecular complexity index is 1430. The molecule has 220 valence electrons. The molecular formula is C31H38FN3O5S. The summed E-state index contributed by atoms with van der Waals surface area (Å²) in [6.45, 7) is 6.74. The fourth-order valence-electron chi connectivity index (χ4n) is 4.29. The largest absolute Gasteiger partial charge is 0.497 e. The van der Waals surface area contributed by atoms with Gasteiger partial charge in [0.15, 0.2) is 0 Å². The molecule has 0 aliphatic carbocycles. The number of carbonyl (C=O) groups is 2. The fourth-order valence-corrected chi connectivity index (χ4v) is 5.71. The maximum Gasteiger partial charge on any atom is 0.264 e. The highest BCUT2D eigenvalue weighted by molar-refractivity contribution is 7.92. The van der Waals surface area contributed by atoms with Crippen molar-refractivity contribution in [2.45, 2.75) is 64.1 Å². The molecule has 1 N–H and O–H groups in total. The van der Waals surface area contributed by atoms with Gasteiger partial charge in [-0.15, -0.1) is 0 Å². The quantitative estimate of drug-likeness (QED) is 0.304. The Morgan fingerprint density at radius 3 is 2.15 bits per heavy atom. The van der Waals surface area contributed by atoms with E-state index < -0.39 is 34.3 Å². The van der Waals surface area contributed by atoms with E-state index in [0.717, 1.165) is 15.9 Å². The lowest BCUT2D eigenvalue weighted by molar-refractivity contribution is -0.140. The predicted molar refractivity (Wildman–Crippen MR) is 158 cm³/mol. The number of nitrogens with one attached hydrogen (secondary N) is 1. The van der Waals surface area contributed by atoms with E-state index in [1.165, 1.54) is 35.2 Å². The molecule has 0 saturated carbocycles. The smallest absolute Gasteiger partial charge is 0.264 e. The number of anilines is 1. The van der Waals surface area contributed by atoms with Gasteiger partial charge < -0.3 is 15.0 Å². The summed E-state index contributed by atoms with van der Waals surface area (Å²) in [4.78, 5) is 28.7. The monoisotopic (exact) mass is 583 g/mol. The second-order valence-electron chi connectivity index (χ2n) is 9.89. The van der Waals surface area contributed by atoms with Crippen molar-refractivity contribution in [1.29, 1.82) is 0 Å². The van der Waals surface area contributed by atoms with Gasteiger partial charge in [-0.25, -0.2) is 12.8 Å². The molecule has 0 radical (unpaired) electrons. The first-order chi connectivity index (χ1) is 19.5. The molecule has 2 unspecified atom stereocenters. The molecule has 41 heavy (non-hydrogen) atoms. The Hall–Kier alpha value is -3.92. The number of rotatable bonds is 13. The summed E-state index contributed by atoms with van der Waals surface area (Å²) in [5.74, 6) is -1.16. The lowest BCUT2D eigenvalue weighted by Gasteiger charge is -2.33. The summed E-state index contributed by atoms with van der Waals surface area (Å²) in [7, 11) is -2.81. The van der Waals surface area contributed by atoms with Crippen molar-refractivity contribution in [3.8, 4) is 5.75 Å². The number of halogens is 1. The topological polar surface area (TPSA) is 96.0 Å². The molecule has 2 atom stereocenters. The molecule has 8 nitrogen and oxygen atoms in total. The van der Waals surface area contributed by atoms with E-state index in [9.17, 15) is 18.0 Å². The number of aryl methyl sites for hydroxylation is 1. The zero-order chi connectivity index (χ0) is 30.2. The molecule has 0 spiro atoms. The van der Waals surface area contributed by atoms with Gasteiger partial charge in [0.25, 0.3) is 10.0 Å². The van der Waals surface area contributed by atoms with Crippen molar-refractivity contribution in [1.82, 2.24) is 10.2 Å². The molecule has 0 aliphatic heterocycles. The summed E-state index contributed by atoms with van der Waals surface area (Å²) >= 11 is 0. The van der Waals surface area contributed by atoms with Crippen LogP contribution in [0.4, 0.5) is 10.1 Å². The lowest BCUT2D eigenvalue weighted by Crippen LogP contribution is -2.53. The van der Waals surface area contributed by atoms with Crippen LogP contribution in [0.1, 0.15) is 44.7 Å². The molecule has 0 bridgehead atoms. The van der Waals surface area contributed by atoms with Crippen molar-refractivity contribution in [2.24, 2.45) is 0 Å². The third kappa shape index (κ3) is 7.85. The normalized spacial score (nSPS) is 12.7. The number of carbonyl (C=O) groups excluding carboxylic acids is 2. The molecule has 3 rings (SSSR count). The molecule has 0 aromatic heterocycles. The van der Waals surface area contributed by atoms with Crippen LogP contribution in [0.15, 0.2) is 77.7 Å². The third-order valence-corrected chi connectivity index (χ3v) is 8.68. The SMILES string of the molecule is CCC(C)NC(=O)C(CC)N(Cc1ccc(OC)cc1)C(=O)CN(c1ccccc1F)S(=O)(=O)c1ccc(C)cc1. The van der Waals surface area contributed by atoms with Crippen LogP contribution in [-0.2, 0) is 26.2 Å². The van der Waals surface area contributed by atoms with E-state index in [0.29, 0.717) is 17.7 Å². The number of ether oxygens (including phenoxy) is 1. The van der Waals surface area contributed by atoms with Gasteiger partial charge in [0.1, 0.15) is 24.2 Å². The molecular weight excluding hydrogens is 545 g/mol. The second kappa shape index (κ2) is 14.1. The van der Waals surface area contributed by atoms with Gasteiger partial charge in [-0.3, -0.25) is 13.9 Å². The number of para-hydroxylation sites is 1. The lowest BCUT2D eigenvalue weighted by atomic mass is 10.1. The first-order valence-electron chi connectivity index (χ1n) is 13.6. The number of benzene rings is 3. The summed E-state index contributed by atoms with van der Waals surface area (Å²) in [6.07, 6.45) is 0.985. The Kier molecular flexibility index (Phi) is 10.9. The Labute approximate surface area is 242 Å². The van der Waals surface area contributed by atoms with Crippen molar-refractivity contribution in [3.05, 3.63) is 89.7 Å². The number of sulfonamides is 1. The van der Waals surface area contributed by atoms with Gasteiger partial charge in [0.05, 0.1) is 17.7 Å². The van der Waals surface area contributed by atoms with Crippen LogP contribution in [0.3, 0.4) is 0 Å². The van der Waals surface area contributed by atoms with Crippen LogP contribution in [0.5, 0.6) is 5.75 Å². The summed E-state index contributed by atoms with van der Waals surface area (Å²) in [5, 5.41) is 2.93. The number of nitrogens with zero attached hydrogens (tertiary/aromatic N) is 2. The average molecular weight is 584 g/mol. The van der Waals surface area contributed by atoms with Gasteiger partial charge in [-0.05, 0) is 68.7 Å². The standard InChI is InChI=1S/C31H38FN3O5S/c1-6-23(4)33-31(37)28(7-2)34(20-24-14-16-25(40-5)17-15-24)30(36)21-35(29-11-9-8-10-27(29)32)41(38,39)26-18-12-22(3)13-19-26/h8-19,23,28H,6-7,20-21H2,1-5H3,(H,33,37). The van der Waals surface area contributed by atoms with E-state index in [-0.39, 0.29) is 35.5 Å². The van der Waals surface area contributed by atoms with Gasteiger partial charge >= 0.3 is 0 Å². The van der Waals surface area contributed by atoms with Crippen LogP contribution in [0.2, 0.25) is 0 Å². The molecule has 0 fully saturated rings. The molecule has 10 heteroatoms. The number of methoxy groups -OCH3 is 1. The van der Waals surface area contributed by atoms with Gasteiger partial charge in [-0.1, -0.05) is 55.8 Å². The number of hydrogen-bond acceptors (Lipinski definition) is 5. The number of hydrogen-bond donors (Lipinski definition) is 1. The van der Waals surface area contributed by atoms with Crippen LogP contribution in [0.25, 0.3) is 0 Å². The fraction of sp³-hybridized carbons (Fsp3) is 0.355. The minimum atomic E-state index is -4.35. The van der Waals surface area contributed by atoms with Crippen molar-refractivity contribution in [3.63, 3.8) is 0 Å². The molecule has 2 amide bonds.